The first kappa shape index (κ1) is 19.7. The zero-order chi connectivity index (χ0) is 20.6. The predicted octanol–water partition coefficient (Wildman–Crippen LogP) is 3.96. The molecule has 3 fully saturated rings. The summed E-state index contributed by atoms with van der Waals surface area (Å²) in [4.78, 5) is 21.9. The molecule has 1 unspecified atom stereocenters. The minimum absolute atomic E-state index is 0.239. The van der Waals surface area contributed by atoms with Gasteiger partial charge in [0.25, 0.3) is 0 Å². The van der Waals surface area contributed by atoms with Gasteiger partial charge in [0.1, 0.15) is 0 Å². The molecule has 1 atom stereocenters. The van der Waals surface area contributed by atoms with Gasteiger partial charge in [0, 0.05) is 32.0 Å². The Bertz CT molecular complexity index is 868. The largest absolute Gasteiger partial charge is 0.343 e. The first-order valence-electron chi connectivity index (χ1n) is 11.5. The zero-order valence-corrected chi connectivity index (χ0v) is 17.9. The minimum atomic E-state index is 0.239. The van der Waals surface area contributed by atoms with E-state index in [1.807, 2.05) is 18.2 Å². The van der Waals surface area contributed by atoms with Gasteiger partial charge in [-0.15, -0.1) is 0 Å². The number of piperidine rings is 1. The molecule has 5 rings (SSSR count). The second-order valence-corrected chi connectivity index (χ2v) is 9.62. The van der Waals surface area contributed by atoms with Gasteiger partial charge in [-0.05, 0) is 56.6 Å². The summed E-state index contributed by atoms with van der Waals surface area (Å²) in [5.74, 6) is 2.47. The van der Waals surface area contributed by atoms with Crippen molar-refractivity contribution < 1.29 is 9.32 Å². The number of nitrogens with zero attached hydrogens (tertiary/aromatic N) is 4. The molecule has 30 heavy (non-hydrogen) atoms. The summed E-state index contributed by atoms with van der Waals surface area (Å²) in [5, 5.41) is 4.33. The fourth-order valence-corrected chi connectivity index (χ4v) is 5.41. The average molecular weight is 409 g/mol. The maximum Gasteiger partial charge on any atom is 0.229 e. The Labute approximate surface area is 178 Å². The van der Waals surface area contributed by atoms with Crippen LogP contribution in [0.4, 0.5) is 0 Å². The highest BCUT2D eigenvalue weighted by molar-refractivity contribution is 5.76. The van der Waals surface area contributed by atoms with Gasteiger partial charge < -0.3 is 9.42 Å². The Hall–Kier alpha value is -2.21. The molecule has 1 aliphatic carbocycles. The van der Waals surface area contributed by atoms with Crippen LogP contribution in [0.5, 0.6) is 0 Å². The molecule has 0 bridgehead atoms. The maximum atomic E-state index is 12.7. The average Bonchev–Trinajstić information content (AvgIpc) is 3.31. The molecule has 0 radical (unpaired) electrons. The van der Waals surface area contributed by atoms with Crippen molar-refractivity contribution in [2.75, 3.05) is 26.7 Å². The molecule has 6 heteroatoms. The Morgan fingerprint density at radius 3 is 2.67 bits per heavy atom. The summed E-state index contributed by atoms with van der Waals surface area (Å²) in [6.07, 6.45) is 8.27. The second-order valence-electron chi connectivity index (χ2n) is 9.62. The monoisotopic (exact) mass is 408 g/mol. The molecule has 3 heterocycles. The fraction of sp³-hybridized carbons (Fsp3) is 0.625. The van der Waals surface area contributed by atoms with Crippen molar-refractivity contribution in [1.29, 1.82) is 0 Å². The number of amides is 1. The number of benzene rings is 1. The van der Waals surface area contributed by atoms with Gasteiger partial charge in [-0.3, -0.25) is 9.69 Å². The van der Waals surface area contributed by atoms with Crippen molar-refractivity contribution in [3.05, 3.63) is 47.6 Å². The van der Waals surface area contributed by atoms with Gasteiger partial charge >= 0.3 is 0 Å². The van der Waals surface area contributed by atoms with Crippen LogP contribution in [-0.4, -0.2) is 52.5 Å². The van der Waals surface area contributed by atoms with Crippen molar-refractivity contribution in [2.24, 2.45) is 5.41 Å². The van der Waals surface area contributed by atoms with E-state index in [9.17, 15) is 4.79 Å². The number of carbonyl (C=O) groups is 1. The van der Waals surface area contributed by atoms with Crippen molar-refractivity contribution in [3.8, 4) is 0 Å². The van der Waals surface area contributed by atoms with Crippen LogP contribution in [0.3, 0.4) is 0 Å². The molecule has 160 valence electrons. The number of likely N-dealkylation sites (tertiary alicyclic amines) is 2. The molecule has 1 amide bonds. The number of hydrogen-bond acceptors (Lipinski definition) is 5. The van der Waals surface area contributed by atoms with E-state index in [0.717, 1.165) is 57.0 Å². The molecule has 1 spiro atoms. The number of carbonyl (C=O) groups excluding carboxylic acids is 1. The van der Waals surface area contributed by atoms with Gasteiger partial charge in [0.15, 0.2) is 5.82 Å². The molecule has 2 aliphatic heterocycles. The summed E-state index contributed by atoms with van der Waals surface area (Å²) in [6, 6.07) is 10.5. The first-order chi connectivity index (χ1) is 14.6. The molecule has 1 saturated carbocycles. The zero-order valence-electron chi connectivity index (χ0n) is 17.9. The van der Waals surface area contributed by atoms with Crippen LogP contribution in [0.15, 0.2) is 34.9 Å². The van der Waals surface area contributed by atoms with E-state index in [4.69, 9.17) is 9.51 Å². The SMILES string of the molecule is CN1CC2(CCN(C(=O)CCc3ccccc3)CC2)CC1c1noc(C2CCC2)n1. The van der Waals surface area contributed by atoms with Crippen LogP contribution >= 0.6 is 0 Å². The van der Waals surface area contributed by atoms with E-state index in [2.05, 4.69) is 34.1 Å². The van der Waals surface area contributed by atoms with Gasteiger partial charge in [0.05, 0.1) is 6.04 Å². The normalized spacial score (nSPS) is 24.3. The summed E-state index contributed by atoms with van der Waals surface area (Å²) in [5.41, 5.74) is 1.51. The molecule has 2 saturated heterocycles. The van der Waals surface area contributed by atoms with Gasteiger partial charge in [0.2, 0.25) is 11.8 Å². The van der Waals surface area contributed by atoms with Crippen LogP contribution in [-0.2, 0) is 11.2 Å². The van der Waals surface area contributed by atoms with Gasteiger partial charge in [-0.25, -0.2) is 0 Å². The lowest BCUT2D eigenvalue weighted by atomic mass is 9.76. The van der Waals surface area contributed by atoms with E-state index < -0.39 is 0 Å². The third-order valence-corrected chi connectivity index (χ3v) is 7.60. The molecule has 1 aromatic carbocycles. The van der Waals surface area contributed by atoms with Crippen LogP contribution in [0.2, 0.25) is 0 Å². The molecular formula is C24H32N4O2. The predicted molar refractivity (Wildman–Crippen MR) is 114 cm³/mol. The minimum Gasteiger partial charge on any atom is -0.343 e. The van der Waals surface area contributed by atoms with E-state index in [1.165, 1.54) is 24.8 Å². The highest BCUT2D eigenvalue weighted by atomic mass is 16.5. The van der Waals surface area contributed by atoms with Crippen LogP contribution < -0.4 is 0 Å². The molecule has 6 nitrogen and oxygen atoms in total. The standard InChI is InChI=1S/C24H32N4O2/c1-27-17-24(16-20(27)22-25-23(30-26-22)19-8-5-9-19)12-14-28(15-13-24)21(29)11-10-18-6-3-2-4-7-18/h2-4,6-7,19-20H,5,8-17H2,1H3. The van der Waals surface area contributed by atoms with Crippen molar-refractivity contribution in [1.82, 2.24) is 19.9 Å². The number of aromatic nitrogens is 2. The molecular weight excluding hydrogens is 376 g/mol. The topological polar surface area (TPSA) is 62.5 Å². The second kappa shape index (κ2) is 8.14. The van der Waals surface area contributed by atoms with Crippen LogP contribution in [0.25, 0.3) is 0 Å². The van der Waals surface area contributed by atoms with E-state index in [0.29, 0.717) is 18.2 Å². The first-order valence-corrected chi connectivity index (χ1v) is 11.5. The molecule has 3 aliphatic rings. The van der Waals surface area contributed by atoms with Crippen molar-refractivity contribution in [3.63, 3.8) is 0 Å². The van der Waals surface area contributed by atoms with Crippen molar-refractivity contribution in [2.45, 2.75) is 63.3 Å². The third-order valence-electron chi connectivity index (χ3n) is 7.60. The lowest BCUT2D eigenvalue weighted by molar-refractivity contribution is -0.133. The third kappa shape index (κ3) is 3.89. The summed E-state index contributed by atoms with van der Waals surface area (Å²) in [6.45, 7) is 2.79. The molecule has 0 N–H and O–H groups in total. The quantitative estimate of drug-likeness (QED) is 0.749. The Morgan fingerprint density at radius 2 is 1.97 bits per heavy atom. The highest BCUT2D eigenvalue weighted by Gasteiger charge is 2.46. The lowest BCUT2D eigenvalue weighted by Gasteiger charge is -2.39. The Kier molecular flexibility index (Phi) is 5.35. The number of aryl methyl sites for hydroxylation is 1. The van der Waals surface area contributed by atoms with E-state index >= 15 is 0 Å². The Morgan fingerprint density at radius 1 is 1.20 bits per heavy atom. The Balaban J connectivity index is 1.15. The summed E-state index contributed by atoms with van der Waals surface area (Å²) < 4.78 is 5.58. The van der Waals surface area contributed by atoms with Crippen LogP contribution in [0, 0.1) is 5.41 Å². The van der Waals surface area contributed by atoms with Gasteiger partial charge in [-0.1, -0.05) is 41.9 Å². The van der Waals surface area contributed by atoms with Gasteiger partial charge in [-0.2, -0.15) is 4.98 Å². The van der Waals surface area contributed by atoms with E-state index in [-0.39, 0.29) is 11.5 Å². The van der Waals surface area contributed by atoms with Crippen molar-refractivity contribution >= 4 is 5.91 Å². The highest BCUT2D eigenvalue weighted by Crippen LogP contribution is 2.48. The molecule has 2 aromatic rings. The number of hydrogen-bond donors (Lipinski definition) is 0. The van der Waals surface area contributed by atoms with E-state index in [1.54, 1.807) is 0 Å². The smallest absolute Gasteiger partial charge is 0.229 e. The molecule has 1 aromatic heterocycles. The number of rotatable bonds is 5. The van der Waals surface area contributed by atoms with Crippen LogP contribution in [0.1, 0.15) is 74.2 Å². The maximum absolute atomic E-state index is 12.7. The lowest BCUT2D eigenvalue weighted by Crippen LogP contribution is -2.44. The summed E-state index contributed by atoms with van der Waals surface area (Å²) >= 11 is 0. The fourth-order valence-electron chi connectivity index (χ4n) is 5.41. The summed E-state index contributed by atoms with van der Waals surface area (Å²) in [7, 11) is 2.18.